The third kappa shape index (κ3) is 0.406. The molecule has 0 saturated carbocycles. The van der Waals surface area contributed by atoms with E-state index in [0.717, 1.165) is 0 Å². The standard InChI is InChI=1S/BH2NO3/c3-1-4-2-5-1/h2-3H. The molecule has 2 N–H and O–H groups in total. The molecule has 0 radical (unpaired) electrons. The maximum absolute atomic E-state index is 7.94. The summed E-state index contributed by atoms with van der Waals surface area (Å²) in [5, 5.41) is 7.94. The lowest BCUT2D eigenvalue weighted by molar-refractivity contribution is -0.172. The van der Waals surface area contributed by atoms with Crippen LogP contribution in [0.3, 0.4) is 0 Å². The molecule has 1 saturated heterocycles. The first kappa shape index (κ1) is 3.11. The number of hydrogen-bond donors (Lipinski definition) is 2. The van der Waals surface area contributed by atoms with E-state index in [1.807, 2.05) is 5.64 Å². The summed E-state index contributed by atoms with van der Waals surface area (Å²) in [4.78, 5) is 0. The first-order valence-corrected chi connectivity index (χ1v) is 1.14. The highest BCUT2D eigenvalue weighted by atomic mass is 17.0. The minimum absolute atomic E-state index is 1.05. The van der Waals surface area contributed by atoms with E-state index in [1.165, 1.54) is 0 Å². The molecule has 1 fully saturated rings. The zero-order valence-corrected chi connectivity index (χ0v) is 2.34. The topological polar surface area (TPSA) is 50.7 Å². The van der Waals surface area contributed by atoms with Gasteiger partial charge in [-0.1, -0.05) is 0 Å². The van der Waals surface area contributed by atoms with E-state index in [1.54, 1.807) is 0 Å². The Morgan fingerprint density at radius 2 is 2.00 bits per heavy atom. The van der Waals surface area contributed by atoms with Crippen LogP contribution in [0.25, 0.3) is 0 Å². The van der Waals surface area contributed by atoms with Gasteiger partial charge in [0.25, 0.3) is 0 Å². The summed E-state index contributed by atoms with van der Waals surface area (Å²) < 4.78 is 8.03. The highest BCUT2D eigenvalue weighted by Crippen LogP contribution is 1.85. The van der Waals surface area contributed by atoms with Gasteiger partial charge in [0.15, 0.2) is 0 Å². The molecule has 1 aliphatic rings. The van der Waals surface area contributed by atoms with Crippen molar-refractivity contribution in [2.45, 2.75) is 0 Å². The molecule has 0 aromatic carbocycles. The maximum Gasteiger partial charge on any atom is 0.675 e. The molecule has 0 aromatic heterocycles. The number of rotatable bonds is 0. The molecule has 5 heavy (non-hydrogen) atoms. The minimum Gasteiger partial charge on any atom is -0.400 e. The highest BCUT2D eigenvalue weighted by Gasteiger charge is 2.25. The molecule has 1 aliphatic heterocycles. The van der Waals surface area contributed by atoms with Crippen LogP contribution in [-0.2, 0) is 9.51 Å². The van der Waals surface area contributed by atoms with Crippen LogP contribution < -0.4 is 5.64 Å². The normalized spacial score (nSPS) is 22.2. The van der Waals surface area contributed by atoms with Gasteiger partial charge in [-0.05, 0) is 0 Å². The van der Waals surface area contributed by atoms with Crippen LogP contribution in [0, 0.1) is 0 Å². The molecule has 1 heterocycles. The Morgan fingerprint density at radius 3 is 2.00 bits per heavy atom. The lowest BCUT2D eigenvalue weighted by atomic mass is 10.3. The Balaban J connectivity index is 2.08. The van der Waals surface area contributed by atoms with Gasteiger partial charge in [-0.25, -0.2) is 0 Å². The third-order valence-electron chi connectivity index (χ3n) is 0.298. The fourth-order valence-electron chi connectivity index (χ4n) is 0.0911. The van der Waals surface area contributed by atoms with Gasteiger partial charge in [0.05, 0.1) is 0 Å². The fourth-order valence-corrected chi connectivity index (χ4v) is 0.0911. The lowest BCUT2D eigenvalue weighted by Gasteiger charge is -2.14. The molecular weight excluding hydrogens is 72.8 g/mol. The van der Waals surface area contributed by atoms with Crippen LogP contribution in [-0.4, -0.2) is 12.3 Å². The molecule has 0 bridgehead atoms. The zero-order chi connectivity index (χ0) is 3.70. The van der Waals surface area contributed by atoms with Gasteiger partial charge < -0.3 is 5.02 Å². The Labute approximate surface area is 28.8 Å². The van der Waals surface area contributed by atoms with Gasteiger partial charge in [-0.3, -0.25) is 9.51 Å². The second-order valence-electron chi connectivity index (χ2n) is 0.626. The molecule has 0 spiro atoms. The first-order valence-electron chi connectivity index (χ1n) is 1.14. The van der Waals surface area contributed by atoms with Crippen molar-refractivity contribution in [3.05, 3.63) is 0 Å². The minimum atomic E-state index is -1.05. The van der Waals surface area contributed by atoms with Crippen LogP contribution >= 0.6 is 0 Å². The molecule has 0 unspecified atom stereocenters. The van der Waals surface area contributed by atoms with E-state index in [4.69, 9.17) is 5.02 Å². The van der Waals surface area contributed by atoms with Crippen molar-refractivity contribution in [1.29, 1.82) is 0 Å². The van der Waals surface area contributed by atoms with Gasteiger partial charge in [0, 0.05) is 0 Å². The predicted molar refractivity (Wildman–Crippen MR) is 13.3 cm³/mol. The van der Waals surface area contributed by atoms with E-state index in [-0.39, 0.29) is 0 Å². The molecule has 0 aromatic rings. The SMILES string of the molecule is OB1ONO1. The van der Waals surface area contributed by atoms with Crippen LogP contribution in [0.5, 0.6) is 0 Å². The van der Waals surface area contributed by atoms with E-state index < -0.39 is 7.32 Å². The monoisotopic (exact) mass is 75.0 g/mol. The number of nitrogens with one attached hydrogen (secondary N) is 1. The summed E-state index contributed by atoms with van der Waals surface area (Å²) in [5.41, 5.74) is 1.91. The van der Waals surface area contributed by atoms with Crippen LogP contribution in [0.2, 0.25) is 0 Å². The highest BCUT2D eigenvalue weighted by molar-refractivity contribution is 6.35. The summed E-state index contributed by atoms with van der Waals surface area (Å²) in [5.74, 6) is 0. The Bertz CT molecular complexity index is 33.9. The van der Waals surface area contributed by atoms with Crippen LogP contribution in [0.15, 0.2) is 0 Å². The van der Waals surface area contributed by atoms with Gasteiger partial charge in [-0.2, -0.15) is 0 Å². The number of hydrogen-bond acceptors (Lipinski definition) is 4. The molecule has 1 rings (SSSR count). The molecule has 0 amide bonds. The van der Waals surface area contributed by atoms with Crippen molar-refractivity contribution in [2.75, 3.05) is 0 Å². The van der Waals surface area contributed by atoms with Crippen molar-refractivity contribution in [1.82, 2.24) is 5.64 Å². The Morgan fingerprint density at radius 1 is 1.60 bits per heavy atom. The summed E-state index contributed by atoms with van der Waals surface area (Å²) in [6.45, 7) is 0. The summed E-state index contributed by atoms with van der Waals surface area (Å²) in [6.07, 6.45) is 0. The van der Waals surface area contributed by atoms with E-state index in [2.05, 4.69) is 9.51 Å². The van der Waals surface area contributed by atoms with Crippen molar-refractivity contribution in [3.63, 3.8) is 0 Å². The zero-order valence-electron chi connectivity index (χ0n) is 2.34. The lowest BCUT2D eigenvalue weighted by Crippen LogP contribution is -2.45. The second-order valence-corrected chi connectivity index (χ2v) is 0.626. The van der Waals surface area contributed by atoms with Crippen molar-refractivity contribution in [3.8, 4) is 0 Å². The summed E-state index contributed by atoms with van der Waals surface area (Å²) >= 11 is 0. The molecular formula is H2BNO3. The second kappa shape index (κ2) is 0.945. The molecule has 28 valence electrons. The van der Waals surface area contributed by atoms with Crippen molar-refractivity contribution < 1.29 is 14.5 Å². The molecule has 0 atom stereocenters. The third-order valence-corrected chi connectivity index (χ3v) is 0.298. The van der Waals surface area contributed by atoms with Crippen LogP contribution in [0.4, 0.5) is 0 Å². The molecule has 5 heteroatoms. The largest absolute Gasteiger partial charge is 0.675 e. The average Bonchev–Trinajstić information content (AvgIpc) is 1.30. The Kier molecular flexibility index (Phi) is 0.588. The van der Waals surface area contributed by atoms with Crippen molar-refractivity contribution >= 4 is 7.32 Å². The van der Waals surface area contributed by atoms with E-state index in [0.29, 0.717) is 0 Å². The van der Waals surface area contributed by atoms with E-state index in [9.17, 15) is 0 Å². The van der Waals surface area contributed by atoms with Gasteiger partial charge in [-0.15, -0.1) is 5.64 Å². The Hall–Kier alpha value is -0.0951. The first-order chi connectivity index (χ1) is 2.39. The average molecular weight is 74.8 g/mol. The predicted octanol–water partition coefficient (Wildman–Crippen LogP) is -1.57. The summed E-state index contributed by atoms with van der Waals surface area (Å²) in [6, 6.07) is 0. The molecule has 0 aliphatic carbocycles. The quantitative estimate of drug-likeness (QED) is 0.341. The summed E-state index contributed by atoms with van der Waals surface area (Å²) in [7, 11) is -1.05. The van der Waals surface area contributed by atoms with Crippen LogP contribution in [0.1, 0.15) is 0 Å². The maximum atomic E-state index is 7.94. The smallest absolute Gasteiger partial charge is 0.400 e. The molecule has 4 nitrogen and oxygen atoms in total. The fraction of sp³-hybridized carbons (Fsp3) is 0. The van der Waals surface area contributed by atoms with Gasteiger partial charge >= 0.3 is 7.32 Å². The van der Waals surface area contributed by atoms with Gasteiger partial charge in [0.1, 0.15) is 0 Å². The van der Waals surface area contributed by atoms with Gasteiger partial charge in [0.2, 0.25) is 0 Å². The van der Waals surface area contributed by atoms with E-state index >= 15 is 0 Å². The van der Waals surface area contributed by atoms with Crippen molar-refractivity contribution in [2.24, 2.45) is 0 Å².